The van der Waals surface area contributed by atoms with Crippen molar-refractivity contribution in [2.24, 2.45) is 0 Å². The standard InChI is InChI=1S/C16H21NO3/c1-3-12-8-6-7-11-17(12)15(18)13-9-4-5-10-14(13)16(19)20-2/h4-5,9-10,12H,3,6-8,11H2,1-2H3. The Labute approximate surface area is 119 Å². The van der Waals surface area contributed by atoms with Crippen LogP contribution in [0.5, 0.6) is 0 Å². The summed E-state index contributed by atoms with van der Waals surface area (Å²) in [5.41, 5.74) is 0.792. The predicted octanol–water partition coefficient (Wildman–Crippen LogP) is 2.88. The Morgan fingerprint density at radius 1 is 1.25 bits per heavy atom. The lowest BCUT2D eigenvalue weighted by atomic mass is 9.97. The maximum atomic E-state index is 12.7. The fraction of sp³-hybridized carbons (Fsp3) is 0.500. The quantitative estimate of drug-likeness (QED) is 0.797. The van der Waals surface area contributed by atoms with Gasteiger partial charge in [-0.25, -0.2) is 4.79 Å². The van der Waals surface area contributed by atoms with E-state index in [-0.39, 0.29) is 11.9 Å². The number of hydrogen-bond donors (Lipinski definition) is 0. The number of nitrogens with zero attached hydrogens (tertiary/aromatic N) is 1. The minimum atomic E-state index is -0.459. The molecule has 0 saturated carbocycles. The van der Waals surface area contributed by atoms with E-state index in [2.05, 4.69) is 6.92 Å². The molecule has 0 aliphatic carbocycles. The molecule has 0 bridgehead atoms. The highest BCUT2D eigenvalue weighted by molar-refractivity contribution is 6.05. The molecular weight excluding hydrogens is 254 g/mol. The van der Waals surface area contributed by atoms with Gasteiger partial charge in [-0.1, -0.05) is 19.1 Å². The number of esters is 1. The molecule has 2 rings (SSSR count). The number of benzene rings is 1. The molecule has 1 aromatic rings. The summed E-state index contributed by atoms with van der Waals surface area (Å²) >= 11 is 0. The molecule has 1 saturated heterocycles. The van der Waals surface area contributed by atoms with E-state index >= 15 is 0 Å². The van der Waals surface area contributed by atoms with Crippen molar-refractivity contribution >= 4 is 11.9 Å². The first-order valence-electron chi connectivity index (χ1n) is 7.17. The second-order valence-corrected chi connectivity index (χ2v) is 5.09. The van der Waals surface area contributed by atoms with Gasteiger partial charge in [0.25, 0.3) is 5.91 Å². The zero-order chi connectivity index (χ0) is 14.5. The van der Waals surface area contributed by atoms with E-state index in [0.29, 0.717) is 11.1 Å². The molecule has 1 heterocycles. The first-order valence-corrected chi connectivity index (χ1v) is 7.17. The summed E-state index contributed by atoms with van der Waals surface area (Å²) in [4.78, 5) is 26.4. The topological polar surface area (TPSA) is 46.6 Å². The Hall–Kier alpha value is -1.84. The highest BCUT2D eigenvalue weighted by Crippen LogP contribution is 2.23. The van der Waals surface area contributed by atoms with Gasteiger partial charge in [0, 0.05) is 12.6 Å². The van der Waals surface area contributed by atoms with Crippen LogP contribution in [0.25, 0.3) is 0 Å². The Morgan fingerprint density at radius 2 is 1.95 bits per heavy atom. The van der Waals surface area contributed by atoms with Crippen LogP contribution in [0.3, 0.4) is 0 Å². The van der Waals surface area contributed by atoms with Crippen molar-refractivity contribution in [2.75, 3.05) is 13.7 Å². The van der Waals surface area contributed by atoms with Crippen molar-refractivity contribution in [1.29, 1.82) is 0 Å². The van der Waals surface area contributed by atoms with Gasteiger partial charge >= 0.3 is 5.97 Å². The molecule has 1 unspecified atom stereocenters. The fourth-order valence-electron chi connectivity index (χ4n) is 2.80. The number of amides is 1. The molecule has 1 amide bonds. The zero-order valence-electron chi connectivity index (χ0n) is 12.1. The smallest absolute Gasteiger partial charge is 0.338 e. The molecule has 1 aliphatic rings. The molecular formula is C16H21NO3. The Kier molecular flexibility index (Phi) is 4.77. The number of methoxy groups -OCH3 is 1. The lowest BCUT2D eigenvalue weighted by Gasteiger charge is -2.35. The third kappa shape index (κ3) is 2.84. The molecule has 1 aromatic carbocycles. The molecule has 0 radical (unpaired) electrons. The van der Waals surface area contributed by atoms with Crippen molar-refractivity contribution in [1.82, 2.24) is 4.90 Å². The van der Waals surface area contributed by atoms with Gasteiger partial charge in [0.1, 0.15) is 0 Å². The fourth-order valence-corrected chi connectivity index (χ4v) is 2.80. The molecule has 0 N–H and O–H groups in total. The van der Waals surface area contributed by atoms with Crippen LogP contribution in [-0.2, 0) is 4.74 Å². The van der Waals surface area contributed by atoms with Gasteiger partial charge in [-0.05, 0) is 37.8 Å². The largest absolute Gasteiger partial charge is 0.465 e. The van der Waals surface area contributed by atoms with Crippen LogP contribution in [0.2, 0.25) is 0 Å². The van der Waals surface area contributed by atoms with Crippen LogP contribution in [0, 0.1) is 0 Å². The van der Waals surface area contributed by atoms with Crippen LogP contribution < -0.4 is 0 Å². The number of likely N-dealkylation sites (tertiary alicyclic amines) is 1. The predicted molar refractivity (Wildman–Crippen MR) is 76.7 cm³/mol. The van der Waals surface area contributed by atoms with Gasteiger partial charge in [0.2, 0.25) is 0 Å². The number of rotatable bonds is 3. The van der Waals surface area contributed by atoms with Crippen molar-refractivity contribution in [3.63, 3.8) is 0 Å². The molecule has 108 valence electrons. The lowest BCUT2D eigenvalue weighted by Crippen LogP contribution is -2.43. The molecule has 1 atom stereocenters. The summed E-state index contributed by atoms with van der Waals surface area (Å²) in [5.74, 6) is -0.517. The van der Waals surface area contributed by atoms with E-state index in [0.717, 1.165) is 25.8 Å². The molecule has 0 spiro atoms. The van der Waals surface area contributed by atoms with Crippen molar-refractivity contribution in [2.45, 2.75) is 38.6 Å². The van der Waals surface area contributed by atoms with Gasteiger partial charge in [-0.3, -0.25) is 4.79 Å². The van der Waals surface area contributed by atoms with Crippen LogP contribution in [0.15, 0.2) is 24.3 Å². The SMILES string of the molecule is CCC1CCCCN1C(=O)c1ccccc1C(=O)OC. The summed E-state index contributed by atoms with van der Waals surface area (Å²) in [7, 11) is 1.33. The molecule has 0 aromatic heterocycles. The average Bonchev–Trinajstić information content (AvgIpc) is 2.53. The van der Waals surface area contributed by atoms with Crippen LogP contribution in [-0.4, -0.2) is 36.5 Å². The van der Waals surface area contributed by atoms with E-state index < -0.39 is 5.97 Å². The number of carbonyl (C=O) groups excluding carboxylic acids is 2. The van der Waals surface area contributed by atoms with Crippen LogP contribution >= 0.6 is 0 Å². The molecule has 1 fully saturated rings. The van der Waals surface area contributed by atoms with Gasteiger partial charge in [-0.15, -0.1) is 0 Å². The van der Waals surface area contributed by atoms with E-state index in [1.807, 2.05) is 4.90 Å². The van der Waals surface area contributed by atoms with E-state index in [9.17, 15) is 9.59 Å². The highest BCUT2D eigenvalue weighted by Gasteiger charge is 2.28. The monoisotopic (exact) mass is 275 g/mol. The van der Waals surface area contributed by atoms with Gasteiger partial charge < -0.3 is 9.64 Å². The van der Waals surface area contributed by atoms with E-state index in [1.165, 1.54) is 13.5 Å². The van der Waals surface area contributed by atoms with Gasteiger partial charge in [0.15, 0.2) is 0 Å². The van der Waals surface area contributed by atoms with Crippen LogP contribution in [0.4, 0.5) is 0 Å². The lowest BCUT2D eigenvalue weighted by molar-refractivity contribution is 0.0561. The number of ether oxygens (including phenoxy) is 1. The maximum absolute atomic E-state index is 12.7. The normalized spacial score (nSPS) is 18.7. The summed E-state index contributed by atoms with van der Waals surface area (Å²) in [6, 6.07) is 7.16. The number of carbonyl (C=O) groups is 2. The zero-order valence-corrected chi connectivity index (χ0v) is 12.1. The molecule has 4 heteroatoms. The molecule has 1 aliphatic heterocycles. The summed E-state index contributed by atoms with van der Waals surface area (Å²) in [6.45, 7) is 2.87. The first-order chi connectivity index (χ1) is 9.69. The molecule has 20 heavy (non-hydrogen) atoms. The van der Waals surface area contributed by atoms with E-state index in [4.69, 9.17) is 4.74 Å². The third-order valence-corrected chi connectivity index (χ3v) is 3.92. The van der Waals surface area contributed by atoms with Crippen molar-refractivity contribution < 1.29 is 14.3 Å². The average molecular weight is 275 g/mol. The Balaban J connectivity index is 2.30. The Bertz CT molecular complexity index is 498. The minimum absolute atomic E-state index is 0.0578. The third-order valence-electron chi connectivity index (χ3n) is 3.92. The minimum Gasteiger partial charge on any atom is -0.465 e. The second kappa shape index (κ2) is 6.55. The second-order valence-electron chi connectivity index (χ2n) is 5.09. The molecule has 4 nitrogen and oxygen atoms in total. The summed E-state index contributed by atoms with van der Waals surface area (Å²) in [6.07, 6.45) is 4.19. The van der Waals surface area contributed by atoms with Crippen molar-refractivity contribution in [3.8, 4) is 0 Å². The maximum Gasteiger partial charge on any atom is 0.338 e. The van der Waals surface area contributed by atoms with Crippen LogP contribution in [0.1, 0.15) is 53.3 Å². The summed E-state index contributed by atoms with van der Waals surface area (Å²) in [5, 5.41) is 0. The summed E-state index contributed by atoms with van der Waals surface area (Å²) < 4.78 is 4.76. The highest BCUT2D eigenvalue weighted by atomic mass is 16.5. The number of hydrogen-bond acceptors (Lipinski definition) is 3. The van der Waals surface area contributed by atoms with Gasteiger partial charge in [0.05, 0.1) is 18.2 Å². The van der Waals surface area contributed by atoms with Gasteiger partial charge in [-0.2, -0.15) is 0 Å². The van der Waals surface area contributed by atoms with Crippen molar-refractivity contribution in [3.05, 3.63) is 35.4 Å². The number of piperidine rings is 1. The van der Waals surface area contributed by atoms with E-state index in [1.54, 1.807) is 24.3 Å². The first kappa shape index (κ1) is 14.6. The Morgan fingerprint density at radius 3 is 2.60 bits per heavy atom.